The van der Waals surface area contributed by atoms with Gasteiger partial charge >= 0.3 is 11.7 Å². The summed E-state index contributed by atoms with van der Waals surface area (Å²) in [7, 11) is 1.54. The molecule has 0 aliphatic heterocycles. The molecule has 0 spiro atoms. The third-order valence-electron chi connectivity index (χ3n) is 5.84. The maximum Gasteiger partial charge on any atom is 0.347 e. The number of benzene rings is 1. The fourth-order valence-corrected chi connectivity index (χ4v) is 3.79. The zero-order valence-corrected chi connectivity index (χ0v) is 20.8. The van der Waals surface area contributed by atoms with E-state index in [2.05, 4.69) is 17.3 Å². The lowest BCUT2D eigenvalue weighted by molar-refractivity contribution is -0.154. The first-order chi connectivity index (χ1) is 16.2. The highest BCUT2D eigenvalue weighted by Crippen LogP contribution is 2.23. The van der Waals surface area contributed by atoms with Crippen LogP contribution in [-0.4, -0.2) is 37.6 Å². The molecule has 2 rings (SSSR count). The highest BCUT2D eigenvalue weighted by Gasteiger charge is 2.34. The second-order valence-electron chi connectivity index (χ2n) is 8.83. The number of anilines is 1. The molecule has 188 valence electrons. The van der Waals surface area contributed by atoms with Crippen LogP contribution in [0.3, 0.4) is 0 Å². The van der Waals surface area contributed by atoms with Crippen molar-refractivity contribution in [2.75, 3.05) is 11.9 Å². The molecule has 1 aromatic carbocycles. The van der Waals surface area contributed by atoms with Gasteiger partial charge in [-0.3, -0.25) is 9.36 Å². The summed E-state index contributed by atoms with van der Waals surface area (Å²) in [4.78, 5) is 36.7. The van der Waals surface area contributed by atoms with Crippen molar-refractivity contribution in [3.05, 3.63) is 50.7 Å². The van der Waals surface area contributed by atoms with Crippen LogP contribution in [-0.2, 0) is 24.8 Å². The molecule has 1 unspecified atom stereocenters. The van der Waals surface area contributed by atoms with Crippen LogP contribution in [0.1, 0.15) is 71.3 Å². The number of rotatable bonds is 15. The van der Waals surface area contributed by atoms with E-state index in [9.17, 15) is 19.5 Å². The molecule has 0 aliphatic carbocycles. The van der Waals surface area contributed by atoms with Crippen molar-refractivity contribution < 1.29 is 14.6 Å². The molecule has 2 N–H and O–H groups in total. The summed E-state index contributed by atoms with van der Waals surface area (Å²) < 4.78 is 8.18. The minimum atomic E-state index is -1.26. The van der Waals surface area contributed by atoms with E-state index in [0.717, 1.165) is 37.7 Å². The molecular weight excluding hydrogens is 436 g/mol. The van der Waals surface area contributed by atoms with Gasteiger partial charge in [0.1, 0.15) is 5.75 Å². The summed E-state index contributed by atoms with van der Waals surface area (Å²) in [5, 5.41) is 16.6. The first-order valence-electron chi connectivity index (χ1n) is 12.1. The van der Waals surface area contributed by atoms with Gasteiger partial charge in [-0.2, -0.15) is 0 Å². The normalized spacial score (nSPS) is 12.8. The number of aliphatic carboxylic acids is 1. The molecule has 34 heavy (non-hydrogen) atoms. The molecule has 0 bridgehead atoms. The number of hydrogen-bond acceptors (Lipinski definition) is 6. The van der Waals surface area contributed by atoms with Crippen LogP contribution in [0.5, 0.6) is 5.75 Å². The lowest BCUT2D eigenvalue weighted by atomic mass is 10.0. The summed E-state index contributed by atoms with van der Waals surface area (Å²) in [6, 6.07) is 7.24. The van der Waals surface area contributed by atoms with E-state index in [4.69, 9.17) is 4.74 Å². The quantitative estimate of drug-likeness (QED) is 0.379. The summed E-state index contributed by atoms with van der Waals surface area (Å²) in [5.41, 5.74) is -1.07. The van der Waals surface area contributed by atoms with E-state index in [1.807, 2.05) is 19.1 Å². The lowest BCUT2D eigenvalue weighted by Crippen LogP contribution is -2.42. The second-order valence-corrected chi connectivity index (χ2v) is 8.83. The number of carboxylic acid groups (broad SMARTS) is 1. The molecule has 9 nitrogen and oxygen atoms in total. The number of unbranched alkanes of at least 4 members (excludes halogenated alkanes) is 4. The second kappa shape index (κ2) is 13.0. The Labute approximate surface area is 200 Å². The Morgan fingerprint density at radius 1 is 1.09 bits per heavy atom. The summed E-state index contributed by atoms with van der Waals surface area (Å²) in [6.07, 6.45) is 6.89. The first-order valence-corrected chi connectivity index (χ1v) is 12.1. The number of nitrogens with one attached hydrogen (secondary N) is 1. The van der Waals surface area contributed by atoms with Crippen molar-refractivity contribution in [1.82, 2.24) is 14.3 Å². The Hall–Kier alpha value is -3.10. The van der Waals surface area contributed by atoms with Crippen LogP contribution < -0.4 is 21.3 Å². The molecule has 0 radical (unpaired) electrons. The van der Waals surface area contributed by atoms with Gasteiger partial charge in [-0.25, -0.2) is 14.3 Å². The largest absolute Gasteiger partial charge is 0.478 e. The predicted octanol–water partition coefficient (Wildman–Crippen LogP) is 3.59. The van der Waals surface area contributed by atoms with Gasteiger partial charge < -0.3 is 15.2 Å². The summed E-state index contributed by atoms with van der Waals surface area (Å²) in [6.45, 7) is 6.49. The number of carboxylic acids is 1. The Morgan fingerprint density at radius 3 is 2.38 bits per heavy atom. The zero-order chi connectivity index (χ0) is 25.1. The van der Waals surface area contributed by atoms with Gasteiger partial charge in [0.2, 0.25) is 11.4 Å². The third-order valence-corrected chi connectivity index (χ3v) is 5.84. The molecule has 0 aliphatic rings. The van der Waals surface area contributed by atoms with E-state index in [0.29, 0.717) is 38.1 Å². The van der Waals surface area contributed by atoms with Crippen LogP contribution in [0.25, 0.3) is 0 Å². The first kappa shape index (κ1) is 27.1. The van der Waals surface area contributed by atoms with Crippen molar-refractivity contribution in [1.29, 1.82) is 0 Å². The maximum atomic E-state index is 12.8. The summed E-state index contributed by atoms with van der Waals surface area (Å²) in [5.74, 6) is -0.331. The van der Waals surface area contributed by atoms with Gasteiger partial charge in [0.25, 0.3) is 5.56 Å². The molecule has 1 aromatic heterocycles. The molecule has 1 heterocycles. The molecular formula is C25H38N4O5. The Kier molecular flexibility index (Phi) is 10.3. The van der Waals surface area contributed by atoms with Crippen LogP contribution in [0.15, 0.2) is 33.9 Å². The molecule has 0 saturated carbocycles. The number of aryl methyl sites for hydroxylation is 1. The maximum absolute atomic E-state index is 12.8. The highest BCUT2D eigenvalue weighted by atomic mass is 16.5. The highest BCUT2D eigenvalue weighted by molar-refractivity contribution is 5.77. The minimum Gasteiger partial charge on any atom is -0.478 e. The Morgan fingerprint density at radius 2 is 1.76 bits per heavy atom. The van der Waals surface area contributed by atoms with Gasteiger partial charge in [0.15, 0.2) is 0 Å². The molecule has 1 atom stereocenters. The van der Waals surface area contributed by atoms with E-state index < -0.39 is 22.8 Å². The average Bonchev–Trinajstić information content (AvgIpc) is 2.80. The van der Waals surface area contributed by atoms with Crippen molar-refractivity contribution in [3.63, 3.8) is 0 Å². The van der Waals surface area contributed by atoms with Gasteiger partial charge in [0, 0.05) is 20.1 Å². The smallest absolute Gasteiger partial charge is 0.347 e. The van der Waals surface area contributed by atoms with E-state index >= 15 is 0 Å². The van der Waals surface area contributed by atoms with Crippen molar-refractivity contribution >= 4 is 11.8 Å². The van der Waals surface area contributed by atoms with Crippen LogP contribution in [0, 0.1) is 0 Å². The van der Waals surface area contributed by atoms with Crippen molar-refractivity contribution in [2.45, 2.75) is 84.3 Å². The predicted molar refractivity (Wildman–Crippen MR) is 133 cm³/mol. The van der Waals surface area contributed by atoms with E-state index in [-0.39, 0.29) is 5.82 Å². The zero-order valence-electron chi connectivity index (χ0n) is 20.8. The number of hydrogen-bond donors (Lipinski definition) is 2. The molecule has 0 fully saturated rings. The molecule has 0 saturated heterocycles. The number of carbonyl (C=O) groups is 1. The van der Waals surface area contributed by atoms with Gasteiger partial charge in [-0.1, -0.05) is 58.1 Å². The van der Waals surface area contributed by atoms with Gasteiger partial charge in [-0.05, 0) is 43.9 Å². The molecule has 9 heteroatoms. The van der Waals surface area contributed by atoms with Crippen LogP contribution >= 0.6 is 0 Å². The number of nitrogens with zero attached hydrogens (tertiary/aromatic N) is 3. The average molecular weight is 475 g/mol. The molecule has 2 aromatic rings. The van der Waals surface area contributed by atoms with Gasteiger partial charge in [-0.15, -0.1) is 5.10 Å². The van der Waals surface area contributed by atoms with E-state index in [1.54, 1.807) is 26.1 Å². The fourth-order valence-electron chi connectivity index (χ4n) is 3.79. The van der Waals surface area contributed by atoms with Crippen molar-refractivity contribution in [2.24, 2.45) is 7.05 Å². The topological polar surface area (TPSA) is 115 Å². The lowest BCUT2D eigenvalue weighted by Gasteiger charge is -2.26. The Bertz CT molecular complexity index is 1040. The van der Waals surface area contributed by atoms with Crippen LogP contribution in [0.4, 0.5) is 5.82 Å². The van der Waals surface area contributed by atoms with Gasteiger partial charge in [0.05, 0.1) is 0 Å². The fraction of sp³-hybridized carbons (Fsp3) is 0.600. The minimum absolute atomic E-state index is 0.160. The Balaban J connectivity index is 1.98. The monoisotopic (exact) mass is 474 g/mol. The van der Waals surface area contributed by atoms with E-state index in [1.165, 1.54) is 9.25 Å². The SMILES string of the molecule is CCCCCCCn1c(=O)c(NCCc2ccc(OC(C)(CCC)C(=O)O)cc2)nn(C)c1=O. The van der Waals surface area contributed by atoms with Crippen molar-refractivity contribution in [3.8, 4) is 5.75 Å². The number of aromatic nitrogens is 3. The third kappa shape index (κ3) is 7.46. The standard InChI is InChI=1S/C25H38N4O5/c1-5-7-8-9-10-18-29-22(30)21(27-28(4)24(29)33)26-17-15-19-11-13-20(14-12-19)34-25(3,16-6-2)23(31)32/h11-14H,5-10,15-18H2,1-4H3,(H,26,27)(H,31,32). The number of ether oxygens (including phenoxy) is 1. The summed E-state index contributed by atoms with van der Waals surface area (Å²) >= 11 is 0. The molecule has 0 amide bonds. The van der Waals surface area contributed by atoms with Crippen LogP contribution in [0.2, 0.25) is 0 Å².